The molecule has 0 spiro atoms. The molecule has 17 heavy (non-hydrogen) atoms. The van der Waals surface area contributed by atoms with Gasteiger partial charge in [0.05, 0.1) is 17.9 Å². The van der Waals surface area contributed by atoms with Crippen LogP contribution in [0, 0.1) is 12.7 Å². The van der Waals surface area contributed by atoms with Crippen LogP contribution in [0.4, 0.5) is 10.1 Å². The molecular weight excluding hydrogens is 217 g/mol. The Bertz CT molecular complexity index is 505. The number of aromatic nitrogens is 2. The summed E-state index contributed by atoms with van der Waals surface area (Å²) in [4.78, 5) is 0. The van der Waals surface area contributed by atoms with Crippen LogP contribution in [0.5, 0.6) is 0 Å². The number of hydrogen-bond donors (Lipinski definition) is 1. The van der Waals surface area contributed by atoms with Gasteiger partial charge in [-0.15, -0.1) is 0 Å². The fourth-order valence-electron chi connectivity index (χ4n) is 1.74. The molecule has 2 rings (SSSR count). The van der Waals surface area contributed by atoms with Crippen LogP contribution < -0.4 is 5.32 Å². The molecule has 2 aromatic rings. The van der Waals surface area contributed by atoms with Gasteiger partial charge in [-0.2, -0.15) is 5.10 Å². The summed E-state index contributed by atoms with van der Waals surface area (Å²) in [7, 11) is 0. The molecule has 4 heteroatoms. The molecule has 0 saturated carbocycles. The highest BCUT2D eigenvalue weighted by molar-refractivity contribution is 5.46. The van der Waals surface area contributed by atoms with E-state index in [9.17, 15) is 4.39 Å². The standard InChI is InChI=1S/C13H16FN3/c1-3-17-11(6-7-16-17)9-15-13-5-4-10(2)8-12(13)14/h4-8,15H,3,9H2,1-2H3. The molecule has 3 nitrogen and oxygen atoms in total. The Morgan fingerprint density at radius 2 is 2.18 bits per heavy atom. The van der Waals surface area contributed by atoms with Gasteiger partial charge in [0.15, 0.2) is 0 Å². The molecule has 90 valence electrons. The van der Waals surface area contributed by atoms with E-state index in [0.29, 0.717) is 12.2 Å². The van der Waals surface area contributed by atoms with Gasteiger partial charge in [-0.3, -0.25) is 4.68 Å². The zero-order chi connectivity index (χ0) is 12.3. The van der Waals surface area contributed by atoms with Crippen molar-refractivity contribution >= 4 is 5.69 Å². The molecule has 1 aromatic carbocycles. The van der Waals surface area contributed by atoms with Gasteiger partial charge in [-0.1, -0.05) is 6.07 Å². The summed E-state index contributed by atoms with van der Waals surface area (Å²) in [5.41, 5.74) is 2.50. The fraction of sp³-hybridized carbons (Fsp3) is 0.308. The van der Waals surface area contributed by atoms with E-state index < -0.39 is 0 Å². The summed E-state index contributed by atoms with van der Waals surface area (Å²) >= 11 is 0. The van der Waals surface area contributed by atoms with Gasteiger partial charge in [0, 0.05) is 12.7 Å². The molecule has 1 N–H and O–H groups in total. The van der Waals surface area contributed by atoms with Crippen LogP contribution in [0.1, 0.15) is 18.2 Å². The van der Waals surface area contributed by atoms with Gasteiger partial charge >= 0.3 is 0 Å². The lowest BCUT2D eigenvalue weighted by Gasteiger charge is -2.09. The normalized spacial score (nSPS) is 10.5. The number of hydrogen-bond acceptors (Lipinski definition) is 2. The molecule has 0 aliphatic carbocycles. The monoisotopic (exact) mass is 233 g/mol. The van der Waals surface area contributed by atoms with Gasteiger partial charge in [0.1, 0.15) is 5.82 Å². The Morgan fingerprint density at radius 1 is 1.35 bits per heavy atom. The number of nitrogens with one attached hydrogen (secondary N) is 1. The van der Waals surface area contributed by atoms with E-state index in [4.69, 9.17) is 0 Å². The van der Waals surface area contributed by atoms with Crippen molar-refractivity contribution in [1.82, 2.24) is 9.78 Å². The minimum absolute atomic E-state index is 0.215. The summed E-state index contributed by atoms with van der Waals surface area (Å²) in [6, 6.07) is 7.11. The molecule has 0 saturated heterocycles. The summed E-state index contributed by atoms with van der Waals surface area (Å²) in [6.45, 7) is 5.30. The molecule has 0 bridgehead atoms. The fourth-order valence-corrected chi connectivity index (χ4v) is 1.74. The topological polar surface area (TPSA) is 29.9 Å². The first-order valence-corrected chi connectivity index (χ1v) is 5.71. The maximum atomic E-state index is 13.6. The molecular formula is C13H16FN3. The molecule has 0 unspecified atom stereocenters. The SMILES string of the molecule is CCn1nccc1CNc1ccc(C)cc1F. The quantitative estimate of drug-likeness (QED) is 0.879. The van der Waals surface area contributed by atoms with Crippen molar-refractivity contribution < 1.29 is 4.39 Å². The highest BCUT2D eigenvalue weighted by Crippen LogP contribution is 2.16. The molecule has 1 heterocycles. The van der Waals surface area contributed by atoms with Crippen LogP contribution >= 0.6 is 0 Å². The third-order valence-corrected chi connectivity index (χ3v) is 2.69. The first-order chi connectivity index (χ1) is 8.20. The van der Waals surface area contributed by atoms with Gasteiger partial charge in [-0.25, -0.2) is 4.39 Å². The first-order valence-electron chi connectivity index (χ1n) is 5.71. The zero-order valence-corrected chi connectivity index (χ0v) is 10.1. The maximum absolute atomic E-state index is 13.6. The molecule has 0 aliphatic rings. The van der Waals surface area contributed by atoms with Crippen molar-refractivity contribution in [2.24, 2.45) is 0 Å². The largest absolute Gasteiger partial charge is 0.377 e. The Hall–Kier alpha value is -1.84. The summed E-state index contributed by atoms with van der Waals surface area (Å²) in [6.07, 6.45) is 1.76. The van der Waals surface area contributed by atoms with Crippen molar-refractivity contribution in [3.8, 4) is 0 Å². The van der Waals surface area contributed by atoms with Crippen LogP contribution in [-0.2, 0) is 13.1 Å². The van der Waals surface area contributed by atoms with Crippen LogP contribution in [0.15, 0.2) is 30.5 Å². The average Bonchev–Trinajstić information content (AvgIpc) is 2.75. The smallest absolute Gasteiger partial charge is 0.146 e. The second-order valence-corrected chi connectivity index (χ2v) is 3.98. The molecule has 0 fully saturated rings. The third-order valence-electron chi connectivity index (χ3n) is 2.69. The van der Waals surface area contributed by atoms with Crippen LogP contribution in [0.3, 0.4) is 0 Å². The van der Waals surface area contributed by atoms with E-state index in [1.807, 2.05) is 30.7 Å². The number of benzene rings is 1. The van der Waals surface area contributed by atoms with E-state index in [1.165, 1.54) is 6.07 Å². The van der Waals surface area contributed by atoms with Crippen molar-refractivity contribution in [2.45, 2.75) is 26.9 Å². The summed E-state index contributed by atoms with van der Waals surface area (Å²) in [5.74, 6) is -0.215. The van der Waals surface area contributed by atoms with Gasteiger partial charge in [-0.05, 0) is 37.6 Å². The molecule has 0 atom stereocenters. The van der Waals surface area contributed by atoms with E-state index in [0.717, 1.165) is 17.8 Å². The second kappa shape index (κ2) is 4.99. The van der Waals surface area contributed by atoms with E-state index in [-0.39, 0.29) is 5.82 Å². The predicted octanol–water partition coefficient (Wildman–Crippen LogP) is 2.96. The molecule has 0 aliphatic heterocycles. The highest BCUT2D eigenvalue weighted by Gasteiger charge is 2.04. The minimum Gasteiger partial charge on any atom is -0.377 e. The highest BCUT2D eigenvalue weighted by atomic mass is 19.1. The zero-order valence-electron chi connectivity index (χ0n) is 10.1. The Morgan fingerprint density at radius 3 is 2.88 bits per heavy atom. The van der Waals surface area contributed by atoms with Gasteiger partial charge < -0.3 is 5.32 Å². The average molecular weight is 233 g/mol. The number of rotatable bonds is 4. The van der Waals surface area contributed by atoms with Crippen LogP contribution in [0.25, 0.3) is 0 Å². The van der Waals surface area contributed by atoms with Gasteiger partial charge in [0.2, 0.25) is 0 Å². The van der Waals surface area contributed by atoms with E-state index in [2.05, 4.69) is 10.4 Å². The Labute approximate surface area is 100 Å². The molecule has 0 amide bonds. The second-order valence-electron chi connectivity index (χ2n) is 3.98. The van der Waals surface area contributed by atoms with Crippen molar-refractivity contribution in [1.29, 1.82) is 0 Å². The molecule has 0 radical (unpaired) electrons. The van der Waals surface area contributed by atoms with Crippen LogP contribution in [0.2, 0.25) is 0 Å². The summed E-state index contributed by atoms with van der Waals surface area (Å²) < 4.78 is 15.5. The van der Waals surface area contributed by atoms with Crippen LogP contribution in [-0.4, -0.2) is 9.78 Å². The van der Waals surface area contributed by atoms with Crippen molar-refractivity contribution in [3.63, 3.8) is 0 Å². The lowest BCUT2D eigenvalue weighted by Crippen LogP contribution is -2.08. The minimum atomic E-state index is -0.215. The van der Waals surface area contributed by atoms with E-state index >= 15 is 0 Å². The first kappa shape index (κ1) is 11.6. The number of nitrogens with zero attached hydrogens (tertiary/aromatic N) is 2. The number of anilines is 1. The summed E-state index contributed by atoms with van der Waals surface area (Å²) in [5, 5.41) is 7.25. The lowest BCUT2D eigenvalue weighted by molar-refractivity contribution is 0.618. The molecule has 1 aromatic heterocycles. The predicted molar refractivity (Wildman–Crippen MR) is 66.4 cm³/mol. The van der Waals surface area contributed by atoms with Gasteiger partial charge in [0.25, 0.3) is 0 Å². The van der Waals surface area contributed by atoms with Crippen molar-refractivity contribution in [3.05, 3.63) is 47.5 Å². The number of aryl methyl sites for hydroxylation is 2. The number of halogens is 1. The lowest BCUT2D eigenvalue weighted by atomic mass is 10.2. The van der Waals surface area contributed by atoms with Crippen molar-refractivity contribution in [2.75, 3.05) is 5.32 Å². The third kappa shape index (κ3) is 2.64. The Kier molecular flexibility index (Phi) is 3.42. The Balaban J connectivity index is 2.07. The maximum Gasteiger partial charge on any atom is 0.146 e. The van der Waals surface area contributed by atoms with E-state index in [1.54, 1.807) is 12.3 Å².